The molecule has 1 heterocycles. The number of hydrogen-bond donors (Lipinski definition) is 1. The number of nitrogens with zero attached hydrogens (tertiary/aromatic N) is 1. The predicted octanol–water partition coefficient (Wildman–Crippen LogP) is 8.53. The summed E-state index contributed by atoms with van der Waals surface area (Å²) in [6, 6.07) is 13.5. The summed E-state index contributed by atoms with van der Waals surface area (Å²) >= 11 is 7.96. The Kier molecular flexibility index (Phi) is 13.0. The molecule has 1 aromatic heterocycles. The van der Waals surface area contributed by atoms with Crippen molar-refractivity contribution in [2.45, 2.75) is 91.0 Å². The molecule has 0 atom stereocenters. The second-order valence-electron chi connectivity index (χ2n) is 9.84. The Morgan fingerprint density at radius 2 is 1.70 bits per heavy atom. The molecule has 0 aliphatic rings. The van der Waals surface area contributed by atoms with E-state index in [0.717, 1.165) is 29.8 Å². The van der Waals surface area contributed by atoms with Crippen molar-refractivity contribution < 1.29 is 14.1 Å². The summed E-state index contributed by atoms with van der Waals surface area (Å²) in [6.07, 6.45) is 15.3. The van der Waals surface area contributed by atoms with Gasteiger partial charge in [0.05, 0.1) is 17.9 Å². The fourth-order valence-corrected chi connectivity index (χ4v) is 5.24. The van der Waals surface area contributed by atoms with Crippen LogP contribution in [0.25, 0.3) is 0 Å². The third kappa shape index (κ3) is 11.3. The van der Waals surface area contributed by atoms with Gasteiger partial charge in [0.2, 0.25) is 11.4 Å². The maximum Gasteiger partial charge on any atom is 0.228 e. The Morgan fingerprint density at radius 3 is 2.41 bits per heavy atom. The minimum Gasteiger partial charge on any atom is -0.493 e. The average Bonchev–Trinajstić information content (AvgIpc) is 3.28. The number of amides is 1. The van der Waals surface area contributed by atoms with Crippen LogP contribution in [0.5, 0.6) is 5.75 Å². The molecule has 0 unspecified atom stereocenters. The summed E-state index contributed by atoms with van der Waals surface area (Å²) in [6.45, 7) is 5.79. The number of carbonyl (C=O) groups is 1. The minimum absolute atomic E-state index is 0.0673. The van der Waals surface area contributed by atoms with Gasteiger partial charge in [0.1, 0.15) is 5.75 Å². The normalized spacial score (nSPS) is 11.0. The summed E-state index contributed by atoms with van der Waals surface area (Å²) < 4.78 is 8.22. The number of thiazole rings is 1. The highest BCUT2D eigenvalue weighted by Gasteiger charge is 2.12. The summed E-state index contributed by atoms with van der Waals surface area (Å²) in [4.78, 5) is 14.1. The first kappa shape index (κ1) is 29.2. The number of anilines is 1. The lowest BCUT2D eigenvalue weighted by Gasteiger charge is -2.13. The van der Waals surface area contributed by atoms with Crippen molar-refractivity contribution in [1.82, 2.24) is 0 Å². The van der Waals surface area contributed by atoms with Crippen LogP contribution in [0.3, 0.4) is 0 Å². The second kappa shape index (κ2) is 16.5. The largest absolute Gasteiger partial charge is 0.493 e. The van der Waals surface area contributed by atoms with Crippen LogP contribution in [-0.4, -0.2) is 12.5 Å². The van der Waals surface area contributed by atoms with Crippen molar-refractivity contribution >= 4 is 34.5 Å². The van der Waals surface area contributed by atoms with Gasteiger partial charge in [-0.3, -0.25) is 4.79 Å². The number of halogens is 1. The van der Waals surface area contributed by atoms with Crippen LogP contribution >= 0.6 is 22.9 Å². The Morgan fingerprint density at radius 1 is 0.973 bits per heavy atom. The van der Waals surface area contributed by atoms with Crippen molar-refractivity contribution in [1.29, 1.82) is 0 Å². The Labute approximate surface area is 232 Å². The number of ether oxygens (including phenoxy) is 1. The number of benzene rings is 2. The zero-order chi connectivity index (χ0) is 26.3. The maximum atomic E-state index is 12.8. The first-order valence-corrected chi connectivity index (χ1v) is 15.0. The van der Waals surface area contributed by atoms with Crippen LogP contribution in [-0.2, 0) is 17.8 Å². The van der Waals surface area contributed by atoms with Gasteiger partial charge in [0.15, 0.2) is 12.7 Å². The third-order valence-electron chi connectivity index (χ3n) is 6.43. The fourth-order valence-electron chi connectivity index (χ4n) is 4.44. The highest BCUT2D eigenvalue weighted by molar-refractivity contribution is 7.09. The quantitative estimate of drug-likeness (QED) is 0.137. The molecule has 0 saturated heterocycles. The van der Waals surface area contributed by atoms with E-state index in [-0.39, 0.29) is 12.3 Å². The lowest BCUT2D eigenvalue weighted by Crippen LogP contribution is -2.30. The van der Waals surface area contributed by atoms with Gasteiger partial charge in [-0.25, -0.2) is 0 Å². The van der Waals surface area contributed by atoms with E-state index in [2.05, 4.69) is 41.5 Å². The zero-order valence-electron chi connectivity index (χ0n) is 22.4. The minimum atomic E-state index is -0.0673. The SMILES string of the molecule is CCCCCCCCCCCCOc1cc(Cl)ccc1CC(=O)Nc1cccc(C[n+]2csc(C)c2)c1. The molecule has 0 aliphatic heterocycles. The smallest absolute Gasteiger partial charge is 0.228 e. The van der Waals surface area contributed by atoms with Crippen molar-refractivity contribution in [3.63, 3.8) is 0 Å². The molecule has 0 spiro atoms. The zero-order valence-corrected chi connectivity index (χ0v) is 24.0. The lowest BCUT2D eigenvalue weighted by molar-refractivity contribution is -0.683. The van der Waals surface area contributed by atoms with Crippen LogP contribution in [0, 0.1) is 6.92 Å². The van der Waals surface area contributed by atoms with E-state index in [1.54, 1.807) is 11.3 Å². The molecule has 0 aliphatic carbocycles. The summed E-state index contributed by atoms with van der Waals surface area (Å²) in [5, 5.41) is 3.66. The molecule has 0 radical (unpaired) electrons. The molecule has 2 aromatic carbocycles. The molecule has 0 saturated carbocycles. The van der Waals surface area contributed by atoms with E-state index in [0.29, 0.717) is 17.4 Å². The monoisotopic (exact) mass is 541 g/mol. The molecule has 0 fully saturated rings. The third-order valence-corrected chi connectivity index (χ3v) is 7.52. The van der Waals surface area contributed by atoms with Crippen molar-refractivity contribution in [3.05, 3.63) is 75.2 Å². The van der Waals surface area contributed by atoms with Gasteiger partial charge in [0, 0.05) is 21.8 Å². The van der Waals surface area contributed by atoms with E-state index in [4.69, 9.17) is 16.3 Å². The lowest BCUT2D eigenvalue weighted by atomic mass is 10.1. The Hall–Kier alpha value is -2.37. The molecular formula is C31H42ClN2O2S+. The van der Waals surface area contributed by atoms with Gasteiger partial charge in [-0.2, -0.15) is 4.57 Å². The van der Waals surface area contributed by atoms with Crippen LogP contribution in [0.4, 0.5) is 5.69 Å². The maximum absolute atomic E-state index is 12.8. The van der Waals surface area contributed by atoms with E-state index >= 15 is 0 Å². The summed E-state index contributed by atoms with van der Waals surface area (Å²) in [5.41, 5.74) is 4.91. The fraction of sp³-hybridized carbons (Fsp3) is 0.484. The van der Waals surface area contributed by atoms with E-state index < -0.39 is 0 Å². The van der Waals surface area contributed by atoms with Crippen LogP contribution < -0.4 is 14.6 Å². The number of carbonyl (C=O) groups excluding carboxylic acids is 1. The van der Waals surface area contributed by atoms with Gasteiger partial charge >= 0.3 is 0 Å². The highest BCUT2D eigenvalue weighted by Crippen LogP contribution is 2.25. The van der Waals surface area contributed by atoms with Gasteiger partial charge < -0.3 is 10.1 Å². The first-order valence-electron chi connectivity index (χ1n) is 13.8. The highest BCUT2D eigenvalue weighted by atomic mass is 35.5. The Bertz CT molecular complexity index is 1100. The average molecular weight is 542 g/mol. The number of unbranched alkanes of at least 4 members (excludes halogenated alkanes) is 9. The van der Waals surface area contributed by atoms with Gasteiger partial charge in [-0.15, -0.1) is 0 Å². The summed E-state index contributed by atoms with van der Waals surface area (Å²) in [5.74, 6) is 0.638. The van der Waals surface area contributed by atoms with Gasteiger partial charge in [0.25, 0.3) is 0 Å². The first-order chi connectivity index (χ1) is 18.0. The molecule has 37 heavy (non-hydrogen) atoms. The number of nitrogens with one attached hydrogen (secondary N) is 1. The van der Waals surface area contributed by atoms with Crippen LogP contribution in [0.2, 0.25) is 5.02 Å². The molecule has 0 bridgehead atoms. The molecule has 200 valence electrons. The topological polar surface area (TPSA) is 42.2 Å². The van der Waals surface area contributed by atoms with E-state index in [9.17, 15) is 4.79 Å². The molecule has 6 heteroatoms. The van der Waals surface area contributed by atoms with Crippen molar-refractivity contribution in [2.75, 3.05) is 11.9 Å². The molecule has 1 N–H and O–H groups in total. The molecule has 3 aromatic rings. The number of aromatic nitrogens is 1. The van der Waals surface area contributed by atoms with E-state index in [1.807, 2.05) is 36.4 Å². The number of hydrogen-bond acceptors (Lipinski definition) is 3. The molecule has 4 nitrogen and oxygen atoms in total. The van der Waals surface area contributed by atoms with Crippen molar-refractivity contribution in [2.24, 2.45) is 0 Å². The van der Waals surface area contributed by atoms with Crippen LogP contribution in [0.15, 0.2) is 54.2 Å². The molecule has 1 amide bonds. The number of aryl methyl sites for hydroxylation is 1. The van der Waals surface area contributed by atoms with Crippen molar-refractivity contribution in [3.8, 4) is 5.75 Å². The van der Waals surface area contributed by atoms with Gasteiger partial charge in [-0.1, -0.05) is 106 Å². The predicted molar refractivity (Wildman–Crippen MR) is 156 cm³/mol. The van der Waals surface area contributed by atoms with E-state index in [1.165, 1.54) is 62.7 Å². The Balaban J connectivity index is 1.42. The molecule has 3 rings (SSSR count). The standard InChI is InChI=1S/C31H41ClN2O2S/c1-3-4-5-6-7-8-9-10-11-12-18-36-30-21-28(32)17-16-27(30)20-31(35)33-29-15-13-14-26(19-29)23-34-22-25(2)37-24-34/h13-17,19,21-22,24H,3-12,18,20,23H2,1-2H3/p+1. The molecular weight excluding hydrogens is 500 g/mol. The number of rotatable bonds is 17. The second-order valence-corrected chi connectivity index (χ2v) is 11.4. The summed E-state index contributed by atoms with van der Waals surface area (Å²) in [7, 11) is 0. The van der Waals surface area contributed by atoms with Gasteiger partial charge in [-0.05, 0) is 37.6 Å². The van der Waals surface area contributed by atoms with Crippen LogP contribution in [0.1, 0.15) is 87.1 Å².